The van der Waals surface area contributed by atoms with Crippen molar-refractivity contribution in [3.05, 3.63) is 35.9 Å². The summed E-state index contributed by atoms with van der Waals surface area (Å²) in [5, 5.41) is 2.75. The standard InChI is InChI=1S/C13H19F2NO/c1-2-17-10-6-9-16-11-13(14,15)12-7-4-3-5-8-12/h3-5,7-8,16H,2,6,9-11H2,1H3. The average Bonchev–Trinajstić information content (AvgIpc) is 2.35. The lowest BCUT2D eigenvalue weighted by Crippen LogP contribution is -2.31. The molecule has 2 nitrogen and oxygen atoms in total. The highest BCUT2D eigenvalue weighted by Gasteiger charge is 2.30. The summed E-state index contributed by atoms with van der Waals surface area (Å²) in [6.45, 7) is 3.41. The number of hydrogen-bond donors (Lipinski definition) is 1. The van der Waals surface area contributed by atoms with Crippen LogP contribution in [0.1, 0.15) is 18.9 Å². The van der Waals surface area contributed by atoms with E-state index in [-0.39, 0.29) is 12.1 Å². The highest BCUT2D eigenvalue weighted by molar-refractivity contribution is 5.20. The molecule has 0 fully saturated rings. The summed E-state index contributed by atoms with van der Waals surface area (Å²) < 4.78 is 32.4. The van der Waals surface area contributed by atoms with Gasteiger partial charge < -0.3 is 10.1 Å². The Morgan fingerprint density at radius 3 is 2.59 bits per heavy atom. The van der Waals surface area contributed by atoms with Crippen LogP contribution in [0.3, 0.4) is 0 Å². The first-order chi connectivity index (χ1) is 8.17. The van der Waals surface area contributed by atoms with Crippen molar-refractivity contribution in [2.24, 2.45) is 0 Å². The molecule has 0 heterocycles. The minimum atomic E-state index is -2.81. The molecule has 0 aliphatic carbocycles. The van der Waals surface area contributed by atoms with E-state index < -0.39 is 5.92 Å². The molecule has 0 saturated heterocycles. The molecule has 4 heteroatoms. The third-order valence-electron chi connectivity index (χ3n) is 2.39. The quantitative estimate of drug-likeness (QED) is 0.709. The second-order valence-electron chi connectivity index (χ2n) is 3.80. The minimum Gasteiger partial charge on any atom is -0.382 e. The number of hydrogen-bond acceptors (Lipinski definition) is 2. The number of ether oxygens (including phenoxy) is 1. The van der Waals surface area contributed by atoms with E-state index in [2.05, 4.69) is 5.32 Å². The topological polar surface area (TPSA) is 21.3 Å². The Morgan fingerprint density at radius 1 is 1.24 bits per heavy atom. The second-order valence-corrected chi connectivity index (χ2v) is 3.80. The summed E-state index contributed by atoms with van der Waals surface area (Å²) in [6, 6.07) is 7.87. The summed E-state index contributed by atoms with van der Waals surface area (Å²) in [5.74, 6) is -2.81. The van der Waals surface area contributed by atoms with Gasteiger partial charge in [-0.15, -0.1) is 0 Å². The van der Waals surface area contributed by atoms with E-state index in [1.54, 1.807) is 18.2 Å². The predicted molar refractivity (Wildman–Crippen MR) is 64.3 cm³/mol. The molecule has 0 aromatic heterocycles. The molecule has 1 aromatic carbocycles. The van der Waals surface area contributed by atoms with Crippen LogP contribution >= 0.6 is 0 Å². The molecule has 0 aliphatic rings. The molecule has 0 aliphatic heterocycles. The fourth-order valence-corrected chi connectivity index (χ4v) is 1.47. The molecule has 0 atom stereocenters. The van der Waals surface area contributed by atoms with Crippen LogP contribution in [0.25, 0.3) is 0 Å². The Hall–Kier alpha value is -1.00. The Balaban J connectivity index is 2.26. The van der Waals surface area contributed by atoms with Gasteiger partial charge in [0.1, 0.15) is 0 Å². The van der Waals surface area contributed by atoms with Gasteiger partial charge in [0.15, 0.2) is 0 Å². The van der Waals surface area contributed by atoms with E-state index in [4.69, 9.17) is 4.74 Å². The Kier molecular flexibility index (Phi) is 6.08. The van der Waals surface area contributed by atoms with E-state index in [0.29, 0.717) is 19.8 Å². The fourth-order valence-electron chi connectivity index (χ4n) is 1.47. The van der Waals surface area contributed by atoms with Crippen molar-refractivity contribution in [2.75, 3.05) is 26.3 Å². The van der Waals surface area contributed by atoms with Crippen molar-refractivity contribution in [1.29, 1.82) is 0 Å². The minimum absolute atomic E-state index is 0.0531. The maximum absolute atomic E-state index is 13.6. The van der Waals surface area contributed by atoms with Gasteiger partial charge in [0.25, 0.3) is 5.92 Å². The lowest BCUT2D eigenvalue weighted by Gasteiger charge is -2.17. The maximum atomic E-state index is 13.6. The van der Waals surface area contributed by atoms with Crippen molar-refractivity contribution in [1.82, 2.24) is 5.32 Å². The Bertz CT molecular complexity index is 304. The third kappa shape index (κ3) is 5.24. The van der Waals surface area contributed by atoms with E-state index in [0.717, 1.165) is 6.42 Å². The van der Waals surface area contributed by atoms with Crippen molar-refractivity contribution in [2.45, 2.75) is 19.3 Å². The molecule has 0 radical (unpaired) electrons. The normalized spacial score (nSPS) is 11.7. The van der Waals surface area contributed by atoms with Crippen LogP contribution in [0, 0.1) is 0 Å². The van der Waals surface area contributed by atoms with Crippen LogP contribution in [-0.2, 0) is 10.7 Å². The molecular formula is C13H19F2NO. The van der Waals surface area contributed by atoms with Crippen molar-refractivity contribution in [3.63, 3.8) is 0 Å². The van der Waals surface area contributed by atoms with Crippen LogP contribution in [0.4, 0.5) is 8.78 Å². The first-order valence-corrected chi connectivity index (χ1v) is 5.88. The van der Waals surface area contributed by atoms with Crippen LogP contribution in [0.15, 0.2) is 30.3 Å². The summed E-state index contributed by atoms with van der Waals surface area (Å²) >= 11 is 0. The number of nitrogens with one attached hydrogen (secondary N) is 1. The molecule has 1 rings (SSSR count). The smallest absolute Gasteiger partial charge is 0.285 e. The van der Waals surface area contributed by atoms with Gasteiger partial charge in [0.2, 0.25) is 0 Å². The van der Waals surface area contributed by atoms with E-state index in [9.17, 15) is 8.78 Å². The lowest BCUT2D eigenvalue weighted by molar-refractivity contribution is -0.00345. The number of alkyl halides is 2. The lowest BCUT2D eigenvalue weighted by atomic mass is 10.1. The number of halogens is 2. The van der Waals surface area contributed by atoms with E-state index >= 15 is 0 Å². The maximum Gasteiger partial charge on any atom is 0.285 e. The summed E-state index contributed by atoms with van der Waals surface area (Å²) in [5.41, 5.74) is 0.0531. The zero-order valence-electron chi connectivity index (χ0n) is 10.1. The first kappa shape index (κ1) is 14.1. The summed E-state index contributed by atoms with van der Waals surface area (Å²) in [6.07, 6.45) is 0.749. The second kappa shape index (κ2) is 7.35. The van der Waals surface area contributed by atoms with Gasteiger partial charge in [-0.1, -0.05) is 30.3 Å². The van der Waals surface area contributed by atoms with Gasteiger partial charge >= 0.3 is 0 Å². The molecule has 1 aromatic rings. The Labute approximate surface area is 101 Å². The Morgan fingerprint density at radius 2 is 1.94 bits per heavy atom. The summed E-state index contributed by atoms with van der Waals surface area (Å²) in [7, 11) is 0. The van der Waals surface area contributed by atoms with Crippen molar-refractivity contribution in [3.8, 4) is 0 Å². The molecule has 17 heavy (non-hydrogen) atoms. The zero-order chi connectivity index (χ0) is 12.6. The SMILES string of the molecule is CCOCCCNCC(F)(F)c1ccccc1. The summed E-state index contributed by atoms with van der Waals surface area (Å²) in [4.78, 5) is 0. The average molecular weight is 243 g/mol. The van der Waals surface area contributed by atoms with Crippen LogP contribution in [0.2, 0.25) is 0 Å². The van der Waals surface area contributed by atoms with E-state index in [1.165, 1.54) is 12.1 Å². The van der Waals surface area contributed by atoms with Crippen molar-refractivity contribution < 1.29 is 13.5 Å². The predicted octanol–water partition coefficient (Wildman–Crippen LogP) is 2.79. The van der Waals surface area contributed by atoms with Gasteiger partial charge in [-0.05, 0) is 19.9 Å². The highest BCUT2D eigenvalue weighted by atomic mass is 19.3. The molecule has 0 unspecified atom stereocenters. The monoisotopic (exact) mass is 243 g/mol. The van der Waals surface area contributed by atoms with E-state index in [1.807, 2.05) is 6.92 Å². The number of rotatable bonds is 8. The van der Waals surface area contributed by atoms with Gasteiger partial charge in [0.05, 0.1) is 6.54 Å². The van der Waals surface area contributed by atoms with Gasteiger partial charge in [-0.2, -0.15) is 8.78 Å². The molecule has 1 N–H and O–H groups in total. The molecule has 0 amide bonds. The van der Waals surface area contributed by atoms with Crippen LogP contribution < -0.4 is 5.32 Å². The van der Waals surface area contributed by atoms with Crippen molar-refractivity contribution >= 4 is 0 Å². The number of benzene rings is 1. The fraction of sp³-hybridized carbons (Fsp3) is 0.538. The largest absolute Gasteiger partial charge is 0.382 e. The van der Waals surface area contributed by atoms with Crippen LogP contribution in [-0.4, -0.2) is 26.3 Å². The van der Waals surface area contributed by atoms with Gasteiger partial charge in [0, 0.05) is 18.8 Å². The third-order valence-corrected chi connectivity index (χ3v) is 2.39. The molecule has 0 bridgehead atoms. The molecule has 96 valence electrons. The highest BCUT2D eigenvalue weighted by Crippen LogP contribution is 2.26. The first-order valence-electron chi connectivity index (χ1n) is 5.88. The molecule has 0 spiro atoms. The van der Waals surface area contributed by atoms with Gasteiger partial charge in [-0.3, -0.25) is 0 Å². The van der Waals surface area contributed by atoms with Crippen LogP contribution in [0.5, 0.6) is 0 Å². The molecular weight excluding hydrogens is 224 g/mol. The molecule has 0 saturated carbocycles. The van der Waals surface area contributed by atoms with Gasteiger partial charge in [-0.25, -0.2) is 0 Å². The zero-order valence-corrected chi connectivity index (χ0v) is 10.1.